The summed E-state index contributed by atoms with van der Waals surface area (Å²) in [7, 11) is 0. The fourth-order valence-corrected chi connectivity index (χ4v) is 1.22. The zero-order chi connectivity index (χ0) is 32.8. The van der Waals surface area contributed by atoms with Crippen molar-refractivity contribution in [3.05, 3.63) is 48.6 Å². The van der Waals surface area contributed by atoms with Crippen molar-refractivity contribution in [2.45, 2.75) is 132 Å². The van der Waals surface area contributed by atoms with Crippen LogP contribution in [-0.4, -0.2) is 65.4 Å². The molecule has 0 rings (SSSR count). The summed E-state index contributed by atoms with van der Waals surface area (Å²) in [6, 6.07) is 0. The average Bonchev–Trinajstić information content (AvgIpc) is 2.82. The molecule has 0 heterocycles. The van der Waals surface area contributed by atoms with Gasteiger partial charge in [-0.25, -0.2) is 9.59 Å². The third-order valence-electron chi connectivity index (χ3n) is 4.39. The molecule has 0 fully saturated rings. The molecule has 0 aromatic carbocycles. The molecule has 0 radical (unpaired) electrons. The lowest BCUT2D eigenvalue weighted by Crippen LogP contribution is -2.48. The first kappa shape index (κ1) is 69.0. The standard InChI is InChI=1S/C9H15NO2.C8H14O3.C7H11NO3.C5H8O.6CH4/c1-6(2)8(12)10-9(4,5)7(3)11;1-4-7(9)5-11-8(10)6(2)3;1-5(2)7(10)11-4-8-6(3)9;1-4(2)5(3)6;;;;;;/h1H2,2-5H3,(H,10,12);7,9H,2,4-5H2,1,3H3;1,4H2,2-3H3,(H,8,9);1H2,2-3H3;6*1H4. The van der Waals surface area contributed by atoms with Crippen LogP contribution in [0.3, 0.4) is 0 Å². The van der Waals surface area contributed by atoms with Gasteiger partial charge in [-0.3, -0.25) is 19.2 Å². The number of carbonyl (C=O) groups excluding carboxylic acids is 6. The fraction of sp³-hybridized carbons (Fsp3) is 0.600. The van der Waals surface area contributed by atoms with Crippen molar-refractivity contribution in [3.8, 4) is 0 Å². The quantitative estimate of drug-likeness (QED) is 0.119. The predicted molar refractivity (Wildman–Crippen MR) is 195 cm³/mol. The lowest BCUT2D eigenvalue weighted by atomic mass is 10.0. The Labute approximate surface area is 283 Å². The largest absolute Gasteiger partial charge is 0.460 e. The molecule has 0 aromatic rings. The highest BCUT2D eigenvalue weighted by molar-refractivity contribution is 5.97. The van der Waals surface area contributed by atoms with Gasteiger partial charge in [-0.1, -0.05) is 77.8 Å². The first-order valence-electron chi connectivity index (χ1n) is 12.3. The van der Waals surface area contributed by atoms with Crippen molar-refractivity contribution in [1.82, 2.24) is 10.6 Å². The molecule has 0 saturated heterocycles. The Morgan fingerprint density at radius 1 is 0.674 bits per heavy atom. The molecule has 276 valence electrons. The number of hydrogen-bond acceptors (Lipinski definition) is 9. The highest BCUT2D eigenvalue weighted by atomic mass is 16.5. The zero-order valence-corrected chi connectivity index (χ0v) is 25.7. The molecule has 0 aromatic heterocycles. The first-order chi connectivity index (χ1) is 18.0. The van der Waals surface area contributed by atoms with E-state index in [0.29, 0.717) is 28.7 Å². The van der Waals surface area contributed by atoms with E-state index in [1.807, 2.05) is 6.92 Å². The van der Waals surface area contributed by atoms with Crippen molar-refractivity contribution in [3.63, 3.8) is 0 Å². The molecule has 11 nitrogen and oxygen atoms in total. The molecule has 0 saturated carbocycles. The number of ketones is 2. The lowest BCUT2D eigenvalue weighted by Gasteiger charge is -2.22. The van der Waals surface area contributed by atoms with Crippen LogP contribution in [0.25, 0.3) is 0 Å². The molecule has 0 spiro atoms. The van der Waals surface area contributed by atoms with E-state index in [1.165, 1.54) is 27.7 Å². The van der Waals surface area contributed by atoms with Crippen LogP contribution in [-0.2, 0) is 38.2 Å². The van der Waals surface area contributed by atoms with E-state index in [-0.39, 0.29) is 81.3 Å². The molecular formula is C35H72N2O9. The van der Waals surface area contributed by atoms with E-state index in [0.717, 1.165) is 0 Å². The molecule has 11 heteroatoms. The topological polar surface area (TPSA) is 165 Å². The summed E-state index contributed by atoms with van der Waals surface area (Å²) in [6.07, 6.45) is 0.0296. The summed E-state index contributed by atoms with van der Waals surface area (Å²) in [5.41, 5.74) is 0.902. The number of Topliss-reactive ketones (excluding diaryl/α,β-unsaturated/α-hetero) is 2. The Kier molecular flexibility index (Phi) is 56.0. The van der Waals surface area contributed by atoms with Gasteiger partial charge in [0.2, 0.25) is 11.8 Å². The van der Waals surface area contributed by atoms with Gasteiger partial charge in [-0.15, -0.1) is 0 Å². The van der Waals surface area contributed by atoms with Crippen LogP contribution in [0.15, 0.2) is 48.6 Å². The molecule has 0 aliphatic rings. The van der Waals surface area contributed by atoms with Gasteiger partial charge in [0.25, 0.3) is 0 Å². The maximum Gasteiger partial charge on any atom is 0.334 e. The molecule has 46 heavy (non-hydrogen) atoms. The maximum atomic E-state index is 11.1. The number of carbonyl (C=O) groups is 6. The highest BCUT2D eigenvalue weighted by Crippen LogP contribution is 2.04. The van der Waals surface area contributed by atoms with Gasteiger partial charge in [0.15, 0.2) is 18.3 Å². The predicted octanol–water partition coefficient (Wildman–Crippen LogP) is 7.09. The zero-order valence-electron chi connectivity index (χ0n) is 25.7. The van der Waals surface area contributed by atoms with Gasteiger partial charge in [0, 0.05) is 23.6 Å². The summed E-state index contributed by atoms with van der Waals surface area (Å²) < 4.78 is 9.21. The third-order valence-corrected chi connectivity index (χ3v) is 4.39. The molecule has 1 unspecified atom stereocenters. The average molecular weight is 665 g/mol. The second-order valence-corrected chi connectivity index (χ2v) is 9.28. The normalized spacial score (nSPS) is 8.76. The summed E-state index contributed by atoms with van der Waals surface area (Å²) in [5, 5.41) is 13.9. The van der Waals surface area contributed by atoms with Crippen molar-refractivity contribution in [1.29, 1.82) is 0 Å². The van der Waals surface area contributed by atoms with E-state index in [2.05, 4.69) is 46.4 Å². The molecule has 1 atom stereocenters. The summed E-state index contributed by atoms with van der Waals surface area (Å²) in [6.45, 7) is 29.4. The second kappa shape index (κ2) is 37.3. The molecule has 0 aliphatic heterocycles. The van der Waals surface area contributed by atoms with Crippen molar-refractivity contribution in [2.75, 3.05) is 13.3 Å². The Hall–Kier alpha value is -3.86. The SMILES string of the molecule is C.C.C.C.C.C.C=C(C)C(=O)NC(C)(C)C(C)=O.C=C(C)C(=O)OCC(O)CC.C=C(C)C(=O)OCNC(C)=O.C=C(C)C(C)=O. The summed E-state index contributed by atoms with van der Waals surface area (Å²) in [4.78, 5) is 63.8. The van der Waals surface area contributed by atoms with Crippen LogP contribution in [0, 0.1) is 0 Å². The number of hydrogen-bond donors (Lipinski definition) is 3. The number of esters is 2. The van der Waals surface area contributed by atoms with Gasteiger partial charge in [0.1, 0.15) is 6.61 Å². The molecule has 2 amide bonds. The van der Waals surface area contributed by atoms with E-state index in [9.17, 15) is 28.8 Å². The summed E-state index contributed by atoms with van der Waals surface area (Å²) in [5.74, 6) is -1.47. The molecule has 0 aliphatic carbocycles. The van der Waals surface area contributed by atoms with Crippen LogP contribution in [0.1, 0.15) is 120 Å². The van der Waals surface area contributed by atoms with E-state index in [4.69, 9.17) is 5.11 Å². The van der Waals surface area contributed by atoms with Crippen LogP contribution >= 0.6 is 0 Å². The Morgan fingerprint density at radius 2 is 1.02 bits per heavy atom. The highest BCUT2D eigenvalue weighted by Gasteiger charge is 2.25. The first-order valence-corrected chi connectivity index (χ1v) is 12.3. The number of aliphatic hydroxyl groups excluding tert-OH is 1. The Bertz CT molecular complexity index is 938. The molecular weight excluding hydrogens is 592 g/mol. The number of nitrogens with one attached hydrogen (secondary N) is 2. The van der Waals surface area contributed by atoms with Crippen LogP contribution in [0.2, 0.25) is 0 Å². The van der Waals surface area contributed by atoms with Crippen molar-refractivity contribution in [2.24, 2.45) is 0 Å². The fourth-order valence-electron chi connectivity index (χ4n) is 1.22. The number of allylic oxidation sites excluding steroid dienone is 1. The van der Waals surface area contributed by atoms with Gasteiger partial charge in [-0.05, 0) is 67.4 Å². The van der Waals surface area contributed by atoms with E-state index < -0.39 is 23.6 Å². The maximum absolute atomic E-state index is 11.1. The Balaban J connectivity index is -0.0000000459. The van der Waals surface area contributed by atoms with E-state index >= 15 is 0 Å². The van der Waals surface area contributed by atoms with E-state index in [1.54, 1.807) is 34.6 Å². The molecule has 3 N–H and O–H groups in total. The smallest absolute Gasteiger partial charge is 0.334 e. The number of aliphatic hydroxyl groups is 1. The minimum absolute atomic E-state index is 0. The number of rotatable bonds is 11. The van der Waals surface area contributed by atoms with Gasteiger partial charge in [0.05, 0.1) is 11.6 Å². The van der Waals surface area contributed by atoms with Gasteiger partial charge in [-0.2, -0.15) is 0 Å². The summed E-state index contributed by atoms with van der Waals surface area (Å²) >= 11 is 0. The van der Waals surface area contributed by atoms with Crippen molar-refractivity contribution >= 4 is 35.3 Å². The van der Waals surface area contributed by atoms with Crippen LogP contribution in [0.4, 0.5) is 0 Å². The third kappa shape index (κ3) is 47.1. The van der Waals surface area contributed by atoms with Crippen molar-refractivity contribution < 1.29 is 43.3 Å². The van der Waals surface area contributed by atoms with Crippen LogP contribution < -0.4 is 10.6 Å². The lowest BCUT2D eigenvalue weighted by molar-refractivity contribution is -0.142. The van der Waals surface area contributed by atoms with Gasteiger partial charge < -0.3 is 25.2 Å². The van der Waals surface area contributed by atoms with Crippen LogP contribution in [0.5, 0.6) is 0 Å². The monoisotopic (exact) mass is 665 g/mol. The van der Waals surface area contributed by atoms with Gasteiger partial charge >= 0.3 is 11.9 Å². The number of amides is 2. The number of ether oxygens (including phenoxy) is 2. The minimum Gasteiger partial charge on any atom is -0.460 e. The minimum atomic E-state index is -0.796. The molecule has 0 bridgehead atoms. The Morgan fingerprint density at radius 3 is 1.26 bits per heavy atom. The second-order valence-electron chi connectivity index (χ2n) is 9.28.